The minimum absolute atomic E-state index is 0.429. The van der Waals surface area contributed by atoms with Gasteiger partial charge in [0.15, 0.2) is 0 Å². The van der Waals surface area contributed by atoms with Crippen molar-refractivity contribution in [1.29, 1.82) is 0 Å². The fraction of sp³-hybridized carbons (Fsp3) is 1.00. The predicted molar refractivity (Wildman–Crippen MR) is 79.9 cm³/mol. The van der Waals surface area contributed by atoms with E-state index in [-0.39, 0.29) is 0 Å². The van der Waals surface area contributed by atoms with Gasteiger partial charge in [-0.2, -0.15) is 0 Å². The van der Waals surface area contributed by atoms with Crippen molar-refractivity contribution >= 4 is 0 Å². The van der Waals surface area contributed by atoms with Crippen molar-refractivity contribution in [3.05, 3.63) is 0 Å². The summed E-state index contributed by atoms with van der Waals surface area (Å²) in [5.74, 6) is 0. The smallest absolute Gasteiger partial charge is 0.0110 e. The van der Waals surface area contributed by atoms with Gasteiger partial charge in [0.25, 0.3) is 0 Å². The molecule has 3 heteroatoms. The van der Waals surface area contributed by atoms with Crippen molar-refractivity contribution in [1.82, 2.24) is 9.80 Å². The topological polar surface area (TPSA) is 32.5 Å². The zero-order chi connectivity index (χ0) is 13.4. The molecule has 108 valence electrons. The Hall–Kier alpha value is -0.120. The number of hydrogen-bond donors (Lipinski definition) is 1. The molecule has 0 aromatic heterocycles. The molecule has 2 N–H and O–H groups in total. The largest absolute Gasteiger partial charge is 0.330 e. The summed E-state index contributed by atoms with van der Waals surface area (Å²) in [6, 6.07) is 0. The minimum Gasteiger partial charge on any atom is -0.330 e. The van der Waals surface area contributed by atoms with Crippen LogP contribution < -0.4 is 5.73 Å². The van der Waals surface area contributed by atoms with E-state index in [1.165, 1.54) is 58.5 Å². The molecule has 1 saturated heterocycles. The second-order valence-corrected chi connectivity index (χ2v) is 6.49. The molecule has 0 spiro atoms. The van der Waals surface area contributed by atoms with Crippen LogP contribution in [-0.4, -0.2) is 55.6 Å². The van der Waals surface area contributed by atoms with Crippen molar-refractivity contribution in [2.24, 2.45) is 11.1 Å². The lowest BCUT2D eigenvalue weighted by atomic mass is 9.84. The predicted octanol–water partition coefficient (Wildman–Crippen LogP) is 2.17. The zero-order valence-corrected chi connectivity index (χ0v) is 12.7. The third-order valence-corrected chi connectivity index (χ3v) is 4.15. The maximum atomic E-state index is 5.66. The SMILES string of the molecule is CCCN1CCN(CCCC(C)(C)CCN)CC1. The highest BCUT2D eigenvalue weighted by Crippen LogP contribution is 2.25. The summed E-state index contributed by atoms with van der Waals surface area (Å²) in [4.78, 5) is 5.22. The summed E-state index contributed by atoms with van der Waals surface area (Å²) in [5, 5.41) is 0. The molecular formula is C15H33N3. The lowest BCUT2D eigenvalue weighted by molar-refractivity contribution is 0.126. The quantitative estimate of drug-likeness (QED) is 0.721. The average molecular weight is 255 g/mol. The number of piperazine rings is 1. The monoisotopic (exact) mass is 255 g/mol. The van der Waals surface area contributed by atoms with Crippen molar-refractivity contribution in [3.63, 3.8) is 0 Å². The van der Waals surface area contributed by atoms with Crippen LogP contribution in [0, 0.1) is 5.41 Å². The van der Waals surface area contributed by atoms with E-state index < -0.39 is 0 Å². The van der Waals surface area contributed by atoms with E-state index in [0.717, 1.165) is 13.0 Å². The lowest BCUT2D eigenvalue weighted by Gasteiger charge is -2.35. The summed E-state index contributed by atoms with van der Waals surface area (Å²) in [5.41, 5.74) is 6.09. The van der Waals surface area contributed by atoms with Crippen molar-refractivity contribution in [3.8, 4) is 0 Å². The van der Waals surface area contributed by atoms with Crippen molar-refractivity contribution < 1.29 is 0 Å². The van der Waals surface area contributed by atoms with Crippen LogP contribution in [0.15, 0.2) is 0 Å². The molecule has 0 radical (unpaired) electrons. The highest BCUT2D eigenvalue weighted by molar-refractivity contribution is 4.74. The summed E-state index contributed by atoms with van der Waals surface area (Å²) >= 11 is 0. The third-order valence-electron chi connectivity index (χ3n) is 4.15. The molecule has 3 nitrogen and oxygen atoms in total. The number of hydrogen-bond acceptors (Lipinski definition) is 3. The Balaban J connectivity index is 2.11. The van der Waals surface area contributed by atoms with Crippen LogP contribution in [0.1, 0.15) is 46.5 Å². The third kappa shape index (κ3) is 6.17. The highest BCUT2D eigenvalue weighted by Gasteiger charge is 2.19. The second-order valence-electron chi connectivity index (χ2n) is 6.49. The molecule has 0 bridgehead atoms. The molecule has 1 rings (SSSR count). The maximum Gasteiger partial charge on any atom is 0.0110 e. The van der Waals surface area contributed by atoms with Gasteiger partial charge in [0.1, 0.15) is 0 Å². The molecule has 0 aromatic rings. The van der Waals surface area contributed by atoms with Crippen molar-refractivity contribution in [2.75, 3.05) is 45.8 Å². The van der Waals surface area contributed by atoms with Crippen LogP contribution in [0.3, 0.4) is 0 Å². The molecule has 0 saturated carbocycles. The van der Waals surface area contributed by atoms with Gasteiger partial charge < -0.3 is 15.5 Å². The van der Waals surface area contributed by atoms with Gasteiger partial charge >= 0.3 is 0 Å². The molecule has 0 amide bonds. The summed E-state index contributed by atoms with van der Waals surface area (Å²) in [6.07, 6.45) is 5.06. The summed E-state index contributed by atoms with van der Waals surface area (Å²) < 4.78 is 0. The molecule has 18 heavy (non-hydrogen) atoms. The Morgan fingerprint density at radius 2 is 1.50 bits per heavy atom. The molecule has 1 heterocycles. The molecule has 1 aliphatic heterocycles. The number of nitrogens with zero attached hydrogens (tertiary/aromatic N) is 2. The fourth-order valence-corrected chi connectivity index (χ4v) is 2.85. The fourth-order valence-electron chi connectivity index (χ4n) is 2.85. The molecule has 1 aliphatic rings. The van der Waals surface area contributed by atoms with Crippen LogP contribution in [0.2, 0.25) is 0 Å². The first kappa shape index (κ1) is 15.9. The molecule has 0 unspecified atom stereocenters. The first-order valence-electron chi connectivity index (χ1n) is 7.72. The van der Waals surface area contributed by atoms with Crippen LogP contribution in [0.4, 0.5) is 0 Å². The van der Waals surface area contributed by atoms with E-state index >= 15 is 0 Å². The van der Waals surface area contributed by atoms with Gasteiger partial charge in [-0.1, -0.05) is 20.8 Å². The Labute approximate surface area is 114 Å². The van der Waals surface area contributed by atoms with E-state index in [4.69, 9.17) is 5.73 Å². The van der Waals surface area contributed by atoms with Crippen LogP contribution in [0.25, 0.3) is 0 Å². The second kappa shape index (κ2) is 8.13. The lowest BCUT2D eigenvalue weighted by Crippen LogP contribution is -2.46. The Kier molecular flexibility index (Phi) is 7.20. The van der Waals surface area contributed by atoms with E-state index in [1.54, 1.807) is 0 Å². The van der Waals surface area contributed by atoms with Crippen LogP contribution in [-0.2, 0) is 0 Å². The van der Waals surface area contributed by atoms with E-state index in [0.29, 0.717) is 5.41 Å². The molecule has 0 aliphatic carbocycles. The van der Waals surface area contributed by atoms with Gasteiger partial charge in [-0.05, 0) is 50.7 Å². The van der Waals surface area contributed by atoms with Gasteiger partial charge in [-0.15, -0.1) is 0 Å². The van der Waals surface area contributed by atoms with Gasteiger partial charge in [0, 0.05) is 26.2 Å². The molecule has 0 aromatic carbocycles. The van der Waals surface area contributed by atoms with Gasteiger partial charge in [-0.25, -0.2) is 0 Å². The van der Waals surface area contributed by atoms with Crippen molar-refractivity contribution in [2.45, 2.75) is 46.5 Å². The van der Waals surface area contributed by atoms with Crippen LogP contribution in [0.5, 0.6) is 0 Å². The molecule has 0 atom stereocenters. The molecule has 1 fully saturated rings. The molecular weight excluding hydrogens is 222 g/mol. The van der Waals surface area contributed by atoms with Gasteiger partial charge in [0.05, 0.1) is 0 Å². The summed E-state index contributed by atoms with van der Waals surface area (Å²) in [6.45, 7) is 15.4. The Bertz CT molecular complexity index is 208. The number of rotatable bonds is 8. The standard InChI is InChI=1S/C15H33N3/c1-4-9-17-11-13-18(14-12-17)10-5-6-15(2,3)7-8-16/h4-14,16H2,1-3H3. The normalized spacial score (nSPS) is 19.3. The zero-order valence-electron chi connectivity index (χ0n) is 12.7. The highest BCUT2D eigenvalue weighted by atomic mass is 15.3. The maximum absolute atomic E-state index is 5.66. The Morgan fingerprint density at radius 3 is 2.00 bits per heavy atom. The van der Waals surface area contributed by atoms with E-state index in [1.807, 2.05) is 0 Å². The van der Waals surface area contributed by atoms with Crippen LogP contribution >= 0.6 is 0 Å². The Morgan fingerprint density at radius 1 is 0.944 bits per heavy atom. The summed E-state index contributed by atoms with van der Waals surface area (Å²) in [7, 11) is 0. The van der Waals surface area contributed by atoms with Gasteiger partial charge in [0.2, 0.25) is 0 Å². The van der Waals surface area contributed by atoms with Gasteiger partial charge in [-0.3, -0.25) is 0 Å². The van der Waals surface area contributed by atoms with E-state index in [2.05, 4.69) is 30.6 Å². The minimum atomic E-state index is 0.429. The average Bonchev–Trinajstić information content (AvgIpc) is 2.31. The number of nitrogens with two attached hydrogens (primary N) is 1. The first-order valence-corrected chi connectivity index (χ1v) is 7.72. The first-order chi connectivity index (χ1) is 8.57. The van der Waals surface area contributed by atoms with E-state index in [9.17, 15) is 0 Å².